The van der Waals surface area contributed by atoms with Gasteiger partial charge in [0.25, 0.3) is 0 Å². The van der Waals surface area contributed by atoms with Gasteiger partial charge in [0.2, 0.25) is 5.91 Å². The second kappa shape index (κ2) is 6.46. The summed E-state index contributed by atoms with van der Waals surface area (Å²) in [6, 6.07) is 7.88. The zero-order valence-corrected chi connectivity index (χ0v) is 13.1. The minimum atomic E-state index is -0.0495. The number of carbonyl (C=O) groups is 1. The standard InChI is InChI=1S/C15H22ClN3O/c1-12(15(20)17(2)3)18-7-9-19(10-8-18)14-6-4-5-13(16)11-14/h4-6,11-12H,7-10H2,1-3H3. The van der Waals surface area contributed by atoms with E-state index in [0.29, 0.717) is 0 Å². The molecule has 0 N–H and O–H groups in total. The van der Waals surface area contributed by atoms with E-state index < -0.39 is 0 Å². The van der Waals surface area contributed by atoms with Gasteiger partial charge in [-0.3, -0.25) is 9.69 Å². The maximum atomic E-state index is 12.0. The van der Waals surface area contributed by atoms with Crippen LogP contribution >= 0.6 is 11.6 Å². The first-order valence-electron chi connectivity index (χ1n) is 6.95. The van der Waals surface area contributed by atoms with Gasteiger partial charge >= 0.3 is 0 Å². The number of nitrogens with zero attached hydrogens (tertiary/aromatic N) is 3. The molecule has 110 valence electrons. The predicted octanol–water partition coefficient (Wildman–Crippen LogP) is 1.94. The van der Waals surface area contributed by atoms with Crippen LogP contribution in [0.1, 0.15) is 6.92 Å². The van der Waals surface area contributed by atoms with Crippen LogP contribution in [0.3, 0.4) is 0 Å². The van der Waals surface area contributed by atoms with Crippen LogP contribution in [0, 0.1) is 0 Å². The molecule has 1 aliphatic heterocycles. The number of hydrogen-bond donors (Lipinski definition) is 0. The van der Waals surface area contributed by atoms with E-state index in [-0.39, 0.29) is 11.9 Å². The van der Waals surface area contributed by atoms with Crippen molar-refractivity contribution >= 4 is 23.2 Å². The van der Waals surface area contributed by atoms with Gasteiger partial charge in [-0.15, -0.1) is 0 Å². The number of carbonyl (C=O) groups excluding carboxylic acids is 1. The number of halogens is 1. The summed E-state index contributed by atoms with van der Waals surface area (Å²) in [5.41, 5.74) is 1.16. The zero-order chi connectivity index (χ0) is 14.7. The van der Waals surface area contributed by atoms with Crippen molar-refractivity contribution in [1.82, 2.24) is 9.80 Å². The van der Waals surface area contributed by atoms with E-state index in [0.717, 1.165) is 36.9 Å². The Bertz CT molecular complexity index is 470. The summed E-state index contributed by atoms with van der Waals surface area (Å²) in [7, 11) is 3.61. The van der Waals surface area contributed by atoms with Crippen molar-refractivity contribution < 1.29 is 4.79 Å². The Morgan fingerprint density at radius 2 is 1.90 bits per heavy atom. The molecule has 1 aliphatic rings. The van der Waals surface area contributed by atoms with Gasteiger partial charge in [-0.25, -0.2) is 0 Å². The molecule has 1 fully saturated rings. The molecule has 1 atom stereocenters. The molecule has 0 aliphatic carbocycles. The van der Waals surface area contributed by atoms with E-state index in [1.54, 1.807) is 19.0 Å². The Hall–Kier alpha value is -1.26. The number of likely N-dealkylation sites (N-methyl/N-ethyl adjacent to an activating group) is 1. The maximum absolute atomic E-state index is 12.0. The lowest BCUT2D eigenvalue weighted by molar-refractivity contribution is -0.133. The summed E-state index contributed by atoms with van der Waals surface area (Å²) in [4.78, 5) is 18.2. The van der Waals surface area contributed by atoms with Gasteiger partial charge in [-0.05, 0) is 25.1 Å². The van der Waals surface area contributed by atoms with Crippen LogP contribution in [-0.2, 0) is 4.79 Å². The molecule has 0 aromatic heterocycles. The van der Waals surface area contributed by atoms with E-state index in [4.69, 9.17) is 11.6 Å². The third-order valence-corrected chi connectivity index (χ3v) is 4.07. The lowest BCUT2D eigenvalue weighted by atomic mass is 10.2. The normalized spacial score (nSPS) is 17.9. The van der Waals surface area contributed by atoms with Crippen molar-refractivity contribution in [2.75, 3.05) is 45.2 Å². The third kappa shape index (κ3) is 3.44. The van der Waals surface area contributed by atoms with Crippen molar-refractivity contribution in [3.8, 4) is 0 Å². The molecule has 0 saturated carbocycles. The summed E-state index contributed by atoms with van der Waals surface area (Å²) in [6.07, 6.45) is 0. The lowest BCUT2D eigenvalue weighted by Crippen LogP contribution is -2.53. The molecule has 4 nitrogen and oxygen atoms in total. The molecule has 1 aromatic carbocycles. The van der Waals surface area contributed by atoms with Gasteiger partial charge < -0.3 is 9.80 Å². The topological polar surface area (TPSA) is 26.8 Å². The predicted molar refractivity (Wildman–Crippen MR) is 83.4 cm³/mol. The summed E-state index contributed by atoms with van der Waals surface area (Å²) >= 11 is 6.03. The van der Waals surface area contributed by atoms with Crippen LogP contribution in [0.4, 0.5) is 5.69 Å². The third-order valence-electron chi connectivity index (χ3n) is 3.83. The van der Waals surface area contributed by atoms with Crippen molar-refractivity contribution in [3.63, 3.8) is 0 Å². The molecular formula is C15H22ClN3O. The average Bonchev–Trinajstić information content (AvgIpc) is 2.46. The Balaban J connectivity index is 1.94. The minimum absolute atomic E-state index is 0.0495. The first kappa shape index (κ1) is 15.1. The van der Waals surface area contributed by atoms with Crippen LogP contribution in [0.25, 0.3) is 0 Å². The van der Waals surface area contributed by atoms with Crippen LogP contribution in [0.15, 0.2) is 24.3 Å². The van der Waals surface area contributed by atoms with Crippen molar-refractivity contribution in [2.45, 2.75) is 13.0 Å². The summed E-state index contributed by atoms with van der Waals surface area (Å²) in [5, 5.41) is 0.765. The monoisotopic (exact) mass is 295 g/mol. The van der Waals surface area contributed by atoms with Gasteiger partial charge in [0.05, 0.1) is 6.04 Å². The first-order chi connectivity index (χ1) is 9.49. The zero-order valence-electron chi connectivity index (χ0n) is 12.3. The van der Waals surface area contributed by atoms with E-state index in [2.05, 4.69) is 15.9 Å². The number of rotatable bonds is 3. The fourth-order valence-electron chi connectivity index (χ4n) is 2.57. The van der Waals surface area contributed by atoms with Crippen LogP contribution in [0.2, 0.25) is 5.02 Å². The molecule has 0 radical (unpaired) electrons. The Kier molecular flexibility index (Phi) is 4.89. The molecule has 1 unspecified atom stereocenters. The van der Waals surface area contributed by atoms with Crippen LogP contribution in [0.5, 0.6) is 0 Å². The number of hydrogen-bond acceptors (Lipinski definition) is 3. The molecule has 2 rings (SSSR count). The highest BCUT2D eigenvalue weighted by Crippen LogP contribution is 2.21. The SMILES string of the molecule is CC(C(=O)N(C)C)N1CCN(c2cccc(Cl)c2)CC1. The van der Waals surface area contributed by atoms with Gasteiger partial charge in [0.15, 0.2) is 0 Å². The quantitative estimate of drug-likeness (QED) is 0.853. The van der Waals surface area contributed by atoms with E-state index >= 15 is 0 Å². The fraction of sp³-hybridized carbons (Fsp3) is 0.533. The smallest absolute Gasteiger partial charge is 0.239 e. The Morgan fingerprint density at radius 3 is 2.45 bits per heavy atom. The summed E-state index contributed by atoms with van der Waals surface area (Å²) in [5.74, 6) is 0.168. The summed E-state index contributed by atoms with van der Waals surface area (Å²) < 4.78 is 0. The molecule has 5 heteroatoms. The fourth-order valence-corrected chi connectivity index (χ4v) is 2.75. The molecule has 20 heavy (non-hydrogen) atoms. The molecule has 1 heterocycles. The van der Waals surface area contributed by atoms with Crippen LogP contribution < -0.4 is 4.90 Å². The summed E-state index contributed by atoms with van der Waals surface area (Å²) in [6.45, 7) is 5.62. The second-order valence-electron chi connectivity index (χ2n) is 5.41. The van der Waals surface area contributed by atoms with E-state index in [1.165, 1.54) is 0 Å². The molecule has 0 spiro atoms. The van der Waals surface area contributed by atoms with Gasteiger partial charge in [-0.1, -0.05) is 17.7 Å². The van der Waals surface area contributed by atoms with Crippen molar-refractivity contribution in [2.24, 2.45) is 0 Å². The largest absolute Gasteiger partial charge is 0.369 e. The highest BCUT2D eigenvalue weighted by Gasteiger charge is 2.26. The van der Waals surface area contributed by atoms with Crippen molar-refractivity contribution in [3.05, 3.63) is 29.3 Å². The average molecular weight is 296 g/mol. The second-order valence-corrected chi connectivity index (χ2v) is 5.85. The highest BCUT2D eigenvalue weighted by molar-refractivity contribution is 6.30. The Morgan fingerprint density at radius 1 is 1.25 bits per heavy atom. The van der Waals surface area contributed by atoms with Gasteiger partial charge in [-0.2, -0.15) is 0 Å². The van der Waals surface area contributed by atoms with Crippen LogP contribution in [-0.4, -0.2) is 62.0 Å². The molecular weight excluding hydrogens is 274 g/mol. The minimum Gasteiger partial charge on any atom is -0.369 e. The number of anilines is 1. The molecule has 1 saturated heterocycles. The highest BCUT2D eigenvalue weighted by atomic mass is 35.5. The number of piperazine rings is 1. The van der Waals surface area contributed by atoms with Gasteiger partial charge in [0.1, 0.15) is 0 Å². The molecule has 0 bridgehead atoms. The number of amides is 1. The maximum Gasteiger partial charge on any atom is 0.239 e. The Labute approximate surface area is 125 Å². The van der Waals surface area contributed by atoms with Gasteiger partial charge in [0, 0.05) is 51.0 Å². The van der Waals surface area contributed by atoms with Crippen molar-refractivity contribution in [1.29, 1.82) is 0 Å². The molecule has 1 aromatic rings. The van der Waals surface area contributed by atoms with E-state index in [1.807, 2.05) is 25.1 Å². The lowest BCUT2D eigenvalue weighted by Gasteiger charge is -2.39. The molecule has 1 amide bonds. The first-order valence-corrected chi connectivity index (χ1v) is 7.32. The number of benzene rings is 1. The van der Waals surface area contributed by atoms with E-state index in [9.17, 15) is 4.79 Å².